The van der Waals surface area contributed by atoms with Crippen LogP contribution in [0.15, 0.2) is 58.4 Å². The van der Waals surface area contributed by atoms with Crippen molar-refractivity contribution in [2.75, 3.05) is 6.54 Å². The summed E-state index contributed by atoms with van der Waals surface area (Å²) < 4.78 is 39.8. The summed E-state index contributed by atoms with van der Waals surface area (Å²) in [5, 5.41) is 2.83. The van der Waals surface area contributed by atoms with Crippen molar-refractivity contribution in [1.29, 1.82) is 0 Å². The van der Waals surface area contributed by atoms with Crippen molar-refractivity contribution in [3.05, 3.63) is 65.5 Å². The fourth-order valence-corrected chi connectivity index (χ4v) is 4.20. The fraction of sp³-hybridized carbons (Fsp3) is 0.300. The van der Waals surface area contributed by atoms with Gasteiger partial charge in [-0.05, 0) is 42.2 Å². The first-order chi connectivity index (χ1) is 13.3. The normalized spacial score (nSPS) is 17.2. The number of amidine groups is 1. The minimum Gasteiger partial charge on any atom is -0.354 e. The number of nitrogens with zero attached hydrogens (tertiary/aromatic N) is 1. The first kappa shape index (κ1) is 20.0. The lowest BCUT2D eigenvalue weighted by Gasteiger charge is -2.17. The number of aliphatic imine (C=N–C) groups is 1. The van der Waals surface area contributed by atoms with E-state index in [-0.39, 0.29) is 28.4 Å². The highest BCUT2D eigenvalue weighted by Gasteiger charge is 2.32. The average Bonchev–Trinajstić information content (AvgIpc) is 2.91. The Hall–Kier alpha value is -2.74. The molecule has 28 heavy (non-hydrogen) atoms. The third-order valence-corrected chi connectivity index (χ3v) is 5.85. The Morgan fingerprint density at radius 1 is 1.14 bits per heavy atom. The molecule has 2 aromatic carbocycles. The minimum atomic E-state index is -3.65. The van der Waals surface area contributed by atoms with Crippen molar-refractivity contribution >= 4 is 21.8 Å². The second kappa shape index (κ2) is 8.10. The highest BCUT2D eigenvalue weighted by molar-refractivity contribution is 7.90. The Morgan fingerprint density at radius 2 is 1.82 bits per heavy atom. The molecule has 0 fully saturated rings. The maximum atomic E-state index is 13.0. The van der Waals surface area contributed by atoms with Gasteiger partial charge in [0.1, 0.15) is 17.7 Å². The minimum absolute atomic E-state index is 0.129. The number of hydrogen-bond acceptors (Lipinski definition) is 4. The molecule has 1 aliphatic heterocycles. The second-order valence-corrected chi connectivity index (χ2v) is 8.59. The number of carbonyl (C=O) groups is 1. The van der Waals surface area contributed by atoms with Crippen molar-refractivity contribution in [2.24, 2.45) is 10.9 Å². The van der Waals surface area contributed by atoms with Crippen LogP contribution in [-0.2, 0) is 21.2 Å². The van der Waals surface area contributed by atoms with E-state index in [1.807, 2.05) is 13.8 Å². The molecule has 0 bridgehead atoms. The molecule has 0 saturated carbocycles. The van der Waals surface area contributed by atoms with Crippen molar-refractivity contribution in [2.45, 2.75) is 31.2 Å². The predicted octanol–water partition coefficient (Wildman–Crippen LogP) is 2.25. The van der Waals surface area contributed by atoms with Crippen molar-refractivity contribution in [3.8, 4) is 0 Å². The van der Waals surface area contributed by atoms with Crippen LogP contribution in [0, 0.1) is 11.7 Å². The lowest BCUT2D eigenvalue weighted by atomic mass is 10.0. The lowest BCUT2D eigenvalue weighted by Crippen LogP contribution is -2.39. The average molecular weight is 403 g/mol. The zero-order chi connectivity index (χ0) is 20.3. The van der Waals surface area contributed by atoms with Gasteiger partial charge in [0.05, 0.1) is 4.90 Å². The number of halogens is 1. The van der Waals surface area contributed by atoms with E-state index < -0.39 is 16.1 Å². The molecule has 3 rings (SSSR count). The van der Waals surface area contributed by atoms with E-state index in [1.165, 1.54) is 18.2 Å². The largest absolute Gasteiger partial charge is 0.354 e. The lowest BCUT2D eigenvalue weighted by molar-refractivity contribution is -0.123. The molecule has 8 heteroatoms. The van der Waals surface area contributed by atoms with Gasteiger partial charge in [0.25, 0.3) is 10.0 Å². The molecule has 1 aliphatic rings. The molecule has 0 aromatic heterocycles. The second-order valence-electron chi connectivity index (χ2n) is 6.94. The standard InChI is InChI=1S/C20H22FN3O3S/c1-13(2)18(20(25)22-12-11-14-7-9-15(21)10-8-14)23-19-16-5-3-4-6-17(16)28(26,27)24-19/h3-10,13,18H,11-12H2,1-2H3,(H,22,25)(H,23,24)/t18-/m0/s1. The topological polar surface area (TPSA) is 87.6 Å². The monoisotopic (exact) mass is 403 g/mol. The van der Waals surface area contributed by atoms with Gasteiger partial charge in [0.2, 0.25) is 5.91 Å². The van der Waals surface area contributed by atoms with Crippen LogP contribution in [0.25, 0.3) is 0 Å². The maximum absolute atomic E-state index is 13.0. The summed E-state index contributed by atoms with van der Waals surface area (Å²) in [6, 6.07) is 11.9. The summed E-state index contributed by atoms with van der Waals surface area (Å²) in [6.07, 6.45) is 0.558. The molecule has 6 nitrogen and oxygen atoms in total. The van der Waals surface area contributed by atoms with Gasteiger partial charge in [-0.15, -0.1) is 0 Å². The van der Waals surface area contributed by atoms with E-state index in [1.54, 1.807) is 30.3 Å². The van der Waals surface area contributed by atoms with Crippen molar-refractivity contribution in [1.82, 2.24) is 10.0 Å². The molecular weight excluding hydrogens is 381 g/mol. The number of carbonyl (C=O) groups excluding carboxylic acids is 1. The molecule has 2 N–H and O–H groups in total. The molecule has 1 amide bonds. The zero-order valence-electron chi connectivity index (χ0n) is 15.6. The fourth-order valence-electron chi connectivity index (χ4n) is 2.96. The van der Waals surface area contributed by atoms with E-state index in [4.69, 9.17) is 0 Å². The van der Waals surface area contributed by atoms with Gasteiger partial charge in [-0.25, -0.2) is 12.8 Å². The molecule has 1 heterocycles. The Bertz CT molecular complexity index is 1000. The van der Waals surface area contributed by atoms with E-state index in [0.717, 1.165) is 5.56 Å². The molecule has 1 atom stereocenters. The third-order valence-electron chi connectivity index (χ3n) is 4.46. The number of benzene rings is 2. The number of amides is 1. The molecule has 0 spiro atoms. The summed E-state index contributed by atoms with van der Waals surface area (Å²) in [6.45, 7) is 4.08. The highest BCUT2D eigenvalue weighted by atomic mass is 32.2. The van der Waals surface area contributed by atoms with Gasteiger partial charge in [-0.3, -0.25) is 14.5 Å². The third kappa shape index (κ3) is 4.39. The van der Waals surface area contributed by atoms with Gasteiger partial charge in [0.15, 0.2) is 0 Å². The summed E-state index contributed by atoms with van der Waals surface area (Å²) in [5.41, 5.74) is 1.37. The molecule has 0 aliphatic carbocycles. The number of fused-ring (bicyclic) bond motifs is 1. The van der Waals surface area contributed by atoms with Gasteiger partial charge >= 0.3 is 0 Å². The molecule has 2 aromatic rings. The van der Waals surface area contributed by atoms with Crippen LogP contribution < -0.4 is 10.0 Å². The van der Waals surface area contributed by atoms with Gasteiger partial charge in [-0.2, -0.15) is 0 Å². The number of sulfonamides is 1. The number of hydrogen-bond donors (Lipinski definition) is 2. The van der Waals surface area contributed by atoms with E-state index in [9.17, 15) is 17.6 Å². The Kier molecular flexibility index (Phi) is 5.79. The maximum Gasteiger partial charge on any atom is 0.263 e. The molecule has 0 unspecified atom stereocenters. The van der Waals surface area contributed by atoms with Crippen LogP contribution in [0.3, 0.4) is 0 Å². The van der Waals surface area contributed by atoms with Gasteiger partial charge in [0, 0.05) is 12.1 Å². The Balaban J connectivity index is 1.72. The smallest absolute Gasteiger partial charge is 0.263 e. The van der Waals surface area contributed by atoms with E-state index in [2.05, 4.69) is 15.0 Å². The van der Waals surface area contributed by atoms with Crippen molar-refractivity contribution in [3.63, 3.8) is 0 Å². The first-order valence-electron chi connectivity index (χ1n) is 9.00. The van der Waals surface area contributed by atoms with E-state index in [0.29, 0.717) is 18.5 Å². The quantitative estimate of drug-likeness (QED) is 0.776. The van der Waals surface area contributed by atoms with Crippen LogP contribution in [-0.4, -0.2) is 32.7 Å². The molecule has 148 valence electrons. The Labute approximate surface area is 163 Å². The van der Waals surface area contributed by atoms with Crippen LogP contribution in [0.4, 0.5) is 4.39 Å². The van der Waals surface area contributed by atoms with E-state index >= 15 is 0 Å². The van der Waals surface area contributed by atoms with Crippen molar-refractivity contribution < 1.29 is 17.6 Å². The van der Waals surface area contributed by atoms with Gasteiger partial charge in [-0.1, -0.05) is 38.1 Å². The summed E-state index contributed by atoms with van der Waals surface area (Å²) in [5.74, 6) is -0.533. The summed E-state index contributed by atoms with van der Waals surface area (Å²) in [7, 11) is -3.65. The number of nitrogens with one attached hydrogen (secondary N) is 2. The molecule has 0 radical (unpaired) electrons. The first-order valence-corrected chi connectivity index (χ1v) is 10.5. The van der Waals surface area contributed by atoms with Crippen LogP contribution in [0.2, 0.25) is 0 Å². The summed E-state index contributed by atoms with van der Waals surface area (Å²) in [4.78, 5) is 17.2. The number of rotatable bonds is 6. The Morgan fingerprint density at radius 3 is 2.50 bits per heavy atom. The van der Waals surface area contributed by atoms with Gasteiger partial charge < -0.3 is 5.32 Å². The summed E-state index contributed by atoms with van der Waals surface area (Å²) >= 11 is 0. The van der Waals surface area contributed by atoms with Crippen LogP contribution in [0.1, 0.15) is 25.0 Å². The van der Waals surface area contributed by atoms with Crippen LogP contribution in [0.5, 0.6) is 0 Å². The molecule has 0 saturated heterocycles. The van der Waals surface area contributed by atoms with Crippen LogP contribution >= 0.6 is 0 Å². The highest BCUT2D eigenvalue weighted by Crippen LogP contribution is 2.23. The molecular formula is C20H22FN3O3S. The SMILES string of the molecule is CC(C)[C@H](N=C1NS(=O)(=O)c2ccccc21)C(=O)NCCc1ccc(F)cc1. The predicted molar refractivity (Wildman–Crippen MR) is 105 cm³/mol. The zero-order valence-corrected chi connectivity index (χ0v) is 16.5.